The number of carbonyl (C=O) groups is 1. The van der Waals surface area contributed by atoms with Crippen molar-refractivity contribution in [3.63, 3.8) is 0 Å². The van der Waals surface area contributed by atoms with Gasteiger partial charge >= 0.3 is 71.3 Å². The topological polar surface area (TPSA) is 113 Å². The molecule has 0 saturated heterocycles. The van der Waals surface area contributed by atoms with Gasteiger partial charge in [-0.15, -0.1) is 0 Å². The Morgan fingerprint density at radius 3 is 1.83 bits per heavy atom. The van der Waals surface area contributed by atoms with E-state index in [-0.39, 0.29) is 71.3 Å². The molecule has 0 bridgehead atoms. The van der Waals surface area contributed by atoms with Crippen LogP contribution in [-0.2, 0) is 36.3 Å². The number of carboxylic acid groups (broad SMARTS) is 1. The van der Waals surface area contributed by atoms with Crippen LogP contribution in [0, 0.1) is 0 Å². The minimum Gasteiger partial charge on any atom is -0.780 e. The molecule has 0 aliphatic heterocycles. The maximum absolute atomic E-state index is 9.64. The fraction of sp³-hybridized carbons (Fsp3) is 0. The largest absolute Gasteiger partial charge is 2.00 e. The zero-order chi connectivity index (χ0) is 8.36. The third-order valence-electron chi connectivity index (χ3n) is 0.450. The molecule has 0 aromatic heterocycles. The second kappa shape index (κ2) is 7.84. The number of phosphoric ester groups is 1. The summed E-state index contributed by atoms with van der Waals surface area (Å²) in [6.45, 7) is 2.58. The van der Waals surface area contributed by atoms with Gasteiger partial charge in [0.2, 0.25) is 0 Å². The van der Waals surface area contributed by atoms with Crippen molar-refractivity contribution in [3.05, 3.63) is 12.3 Å². The smallest absolute Gasteiger partial charge is 0.780 e. The van der Waals surface area contributed by atoms with Crippen molar-refractivity contribution in [2.24, 2.45) is 0 Å². The normalized spacial score (nSPS) is 8.83. The molecule has 0 saturated carbocycles. The monoisotopic (exact) mass is 410 g/mol. The molecule has 9 heteroatoms. The van der Waals surface area contributed by atoms with Crippen molar-refractivity contribution in [2.75, 3.05) is 0 Å². The number of aliphatic carboxylic acids is 1. The van der Waals surface area contributed by atoms with Crippen molar-refractivity contribution < 1.29 is 51.2 Å². The summed E-state index contributed by atoms with van der Waals surface area (Å²) in [5.74, 6) is -3.15. The Morgan fingerprint density at radius 2 is 1.75 bits per heavy atom. The predicted octanol–water partition coefficient (Wildman–Crippen LogP) is -3.29. The summed E-state index contributed by atoms with van der Waals surface area (Å²) >= 11 is 0. The minimum atomic E-state index is -5.30. The summed E-state index contributed by atoms with van der Waals surface area (Å²) in [4.78, 5) is 28.9. The minimum absolute atomic E-state index is 0. The van der Waals surface area contributed by atoms with Crippen LogP contribution in [0.2, 0.25) is 0 Å². The molecule has 0 rings (SSSR count). The Balaban J connectivity index is -0.000000405. The Labute approximate surface area is 124 Å². The first-order chi connectivity index (χ1) is 4.33. The number of carboxylic acids is 1. The molecule has 0 heterocycles. The van der Waals surface area contributed by atoms with Crippen LogP contribution in [0.1, 0.15) is 0 Å². The molecule has 6 nitrogen and oxygen atoms in total. The van der Waals surface area contributed by atoms with E-state index in [1.807, 2.05) is 0 Å². The molecule has 0 aromatic carbocycles. The molecule has 0 unspecified atom stereocenters. The van der Waals surface area contributed by atoms with Crippen molar-refractivity contribution in [1.29, 1.82) is 0 Å². The molecule has 0 spiro atoms. The third-order valence-corrected chi connectivity index (χ3v) is 0.894. The second-order valence-corrected chi connectivity index (χ2v) is 2.33. The summed E-state index contributed by atoms with van der Waals surface area (Å²) in [6.07, 6.45) is 0. The van der Waals surface area contributed by atoms with Crippen molar-refractivity contribution >= 4 is 62.7 Å². The zero-order valence-corrected chi connectivity index (χ0v) is 12.4. The van der Waals surface area contributed by atoms with Gasteiger partial charge in [-0.05, 0) is 0 Å². The Morgan fingerprint density at radius 1 is 1.42 bits per heavy atom. The summed E-state index contributed by atoms with van der Waals surface area (Å²) in [6, 6.07) is 0. The van der Waals surface area contributed by atoms with Crippen LogP contribution in [0.3, 0.4) is 0 Å². The van der Waals surface area contributed by atoms with E-state index in [1.54, 1.807) is 0 Å². The first-order valence-corrected chi connectivity index (χ1v) is 3.41. The summed E-state index contributed by atoms with van der Waals surface area (Å²) in [5, 5.41) is 9.64. The predicted molar refractivity (Wildman–Crippen MR) is 28.6 cm³/mol. The molecular formula is C3H2AgBaO6P. The van der Waals surface area contributed by atoms with E-state index >= 15 is 0 Å². The first kappa shape index (κ1) is 19.1. The Kier molecular flexibility index (Phi) is 12.5. The van der Waals surface area contributed by atoms with Crippen LogP contribution >= 0.6 is 7.82 Å². The van der Waals surface area contributed by atoms with Gasteiger partial charge in [0, 0.05) is 0 Å². The van der Waals surface area contributed by atoms with Crippen LogP contribution in [0.25, 0.3) is 0 Å². The van der Waals surface area contributed by atoms with Gasteiger partial charge in [-0.3, -0.25) is 0 Å². The van der Waals surface area contributed by atoms with Gasteiger partial charge in [0.1, 0.15) is 19.6 Å². The van der Waals surface area contributed by atoms with Gasteiger partial charge in [-0.1, -0.05) is 6.58 Å². The number of phosphoric acid groups is 1. The standard InChI is InChI=1S/C3H5O6P.Ag.Ba/c1-2(3(4)5)9-10(6,7)8;;/h1H2,(H,4,5)(H2,6,7,8);;/q;+1;+2/p-3. The van der Waals surface area contributed by atoms with Crippen molar-refractivity contribution in [3.8, 4) is 0 Å². The quantitative estimate of drug-likeness (QED) is 0.209. The number of hydrogen-bond acceptors (Lipinski definition) is 6. The van der Waals surface area contributed by atoms with Gasteiger partial charge in [0.05, 0.1) is 0 Å². The maximum atomic E-state index is 9.64. The van der Waals surface area contributed by atoms with Crippen LogP contribution in [-0.4, -0.2) is 54.9 Å². The van der Waals surface area contributed by atoms with Gasteiger partial charge < -0.3 is 28.8 Å². The van der Waals surface area contributed by atoms with Crippen LogP contribution in [0.15, 0.2) is 12.3 Å². The SMILES string of the molecule is C=C(OP(=O)([O-])[O-])C(=O)[O-].[Ag+].[Ba+2]. The zero-order valence-electron chi connectivity index (χ0n) is 5.61. The molecule has 0 radical (unpaired) electrons. The van der Waals surface area contributed by atoms with E-state index in [4.69, 9.17) is 0 Å². The maximum Gasteiger partial charge on any atom is 2.00 e. The summed E-state index contributed by atoms with van der Waals surface area (Å²) in [5.41, 5.74) is 0. The summed E-state index contributed by atoms with van der Waals surface area (Å²) in [7, 11) is -5.30. The van der Waals surface area contributed by atoms with Crippen LogP contribution < -0.4 is 14.9 Å². The number of rotatable bonds is 3. The molecule has 0 atom stereocenters. The number of hydrogen-bond donors (Lipinski definition) is 0. The average molecular weight is 410 g/mol. The first-order valence-electron chi connectivity index (χ1n) is 1.95. The third kappa shape index (κ3) is 11.5. The average Bonchev–Trinajstić information content (AvgIpc) is 1.60. The fourth-order valence-corrected chi connectivity index (χ4v) is 0.517. The van der Waals surface area contributed by atoms with E-state index in [9.17, 15) is 24.3 Å². The Hall–Kier alpha value is 1.47. The van der Waals surface area contributed by atoms with Crippen LogP contribution in [0.5, 0.6) is 0 Å². The molecule has 12 heavy (non-hydrogen) atoms. The van der Waals surface area contributed by atoms with E-state index in [0.29, 0.717) is 0 Å². The van der Waals surface area contributed by atoms with Gasteiger partial charge in [0.15, 0.2) is 0 Å². The molecule has 0 amide bonds. The van der Waals surface area contributed by atoms with E-state index in [2.05, 4.69) is 11.1 Å². The molecular weight excluding hydrogens is 408 g/mol. The van der Waals surface area contributed by atoms with Crippen molar-refractivity contribution in [1.82, 2.24) is 0 Å². The fourth-order valence-electron chi connectivity index (χ4n) is 0.172. The van der Waals surface area contributed by atoms with Gasteiger partial charge in [-0.2, -0.15) is 0 Å². The molecule has 0 aliphatic rings. The molecule has 68 valence electrons. The van der Waals surface area contributed by atoms with E-state index in [1.165, 1.54) is 0 Å². The van der Waals surface area contributed by atoms with Crippen molar-refractivity contribution in [2.45, 2.75) is 0 Å². The molecule has 0 N–H and O–H groups in total. The molecule has 0 aliphatic carbocycles. The summed E-state index contributed by atoms with van der Waals surface area (Å²) < 4.78 is 12.9. The van der Waals surface area contributed by atoms with Crippen LogP contribution in [0.4, 0.5) is 0 Å². The Bertz CT molecular complexity index is 211. The van der Waals surface area contributed by atoms with Gasteiger partial charge in [-0.25, -0.2) is 0 Å². The van der Waals surface area contributed by atoms with E-state index < -0.39 is 19.6 Å². The second-order valence-electron chi connectivity index (χ2n) is 1.25. The molecule has 0 fully saturated rings. The molecule has 0 aromatic rings. The number of carbonyl (C=O) groups excluding carboxylic acids is 1. The van der Waals surface area contributed by atoms with Gasteiger partial charge in [0.25, 0.3) is 0 Å². The van der Waals surface area contributed by atoms with E-state index in [0.717, 1.165) is 0 Å².